The smallest absolute Gasteiger partial charge is 0.481 e. The zero-order chi connectivity index (χ0) is 63.8. The molecule has 0 aromatic heterocycles. The lowest BCUT2D eigenvalue weighted by Crippen LogP contribution is -2.62. The number of carbonyl (C=O) groups excluding carboxylic acids is 11. The van der Waals surface area contributed by atoms with Gasteiger partial charge in [-0.25, -0.2) is 4.57 Å². The van der Waals surface area contributed by atoms with Crippen molar-refractivity contribution in [3.8, 4) is 5.75 Å². The molecule has 11 amide bonds. The van der Waals surface area contributed by atoms with Gasteiger partial charge in [-0.2, -0.15) is 0 Å². The van der Waals surface area contributed by atoms with Gasteiger partial charge in [0.15, 0.2) is 0 Å². The molecule has 31 heteroatoms. The Morgan fingerprint density at radius 2 is 0.819 bits per heavy atom. The van der Waals surface area contributed by atoms with Gasteiger partial charge < -0.3 is 74.1 Å². The number of hydrogen-bond acceptors (Lipinski definition) is 15. The first-order valence-corrected chi connectivity index (χ1v) is 28.4. The lowest BCUT2D eigenvalue weighted by molar-refractivity contribution is -0.142. The van der Waals surface area contributed by atoms with Gasteiger partial charge in [0.25, 0.3) is 0 Å². The summed E-state index contributed by atoms with van der Waals surface area (Å²) in [6.07, 6.45) is -3.37. The number of carbonyl (C=O) groups is 13. The highest BCUT2D eigenvalue weighted by atomic mass is 31.2. The molecule has 83 heavy (non-hydrogen) atoms. The summed E-state index contributed by atoms with van der Waals surface area (Å²) in [5.74, 6) is -16.7. The Morgan fingerprint density at radius 3 is 1.17 bits per heavy atom. The Kier molecular flexibility index (Phi) is 30.6. The number of hydrogen-bond donors (Lipinski definition) is 15. The molecule has 1 aromatic carbocycles. The van der Waals surface area contributed by atoms with Crippen LogP contribution < -0.4 is 63.8 Å². The van der Waals surface area contributed by atoms with E-state index in [0.29, 0.717) is 0 Å². The third-order valence-electron chi connectivity index (χ3n) is 12.4. The Bertz CT molecular complexity index is 2520. The molecule has 466 valence electrons. The summed E-state index contributed by atoms with van der Waals surface area (Å²) in [6.45, 7) is 17.7. The molecule has 0 aliphatic carbocycles. The SMILES string of the molecule is CC[C@H](C)[C@H](NC(=O)[C@H](Cc1ccc(OP(=O)(O)O)cc1)NC(=O)[C@H](CC(N)=O)NC(=O)[C@H](CC(C)C)NC(C)=O)C(=O)N[C@@H](CC(=O)O)C(=O)N[C@@H](CC(C)C)C(=O)N[C@@H](CC(=O)O)C(=O)N[C@@H](CC(C)C)C(=O)N[C@H](C(N)=O)C(C)C. The van der Waals surface area contributed by atoms with E-state index < -0.39 is 183 Å². The molecule has 0 fully saturated rings. The number of benzene rings is 1. The van der Waals surface area contributed by atoms with Crippen LogP contribution in [-0.2, 0) is 73.3 Å². The number of phosphoric acid groups is 1. The average Bonchev–Trinajstić information content (AvgIpc) is 3.44. The number of nitrogens with one attached hydrogen (secondary N) is 9. The maximum absolute atomic E-state index is 14.5. The fourth-order valence-corrected chi connectivity index (χ4v) is 8.60. The second kappa shape index (κ2) is 34.7. The standard InChI is InChI=1S/C52H84N11O19P/c1-12-28(10)43(63-51(77)35(20-30-13-15-31(16-14-30)82-83(79,80)81)58-47(73)36(21-39(53)65)59-45(71)32(17-24(2)3)55-29(11)64)52(78)61-38(23-41(68)69)49(75)56-33(18-25(4)5)46(72)60-37(22-40(66)67)48(74)57-34(19-26(6)7)50(76)62-42(27(8)9)44(54)70/h13-16,24-28,32-38,42-43H,12,17-23H2,1-11H3,(H2,53,65)(H2,54,70)(H,55,64)(H,56,75)(H,57,74)(H,58,73)(H,59,71)(H,60,72)(H,61,78)(H,62,76)(H,63,77)(H,66,67)(H,68,69)(H2,79,80,81)/t28-,32-,33-,34-,35-,36-,37-,38-,42-,43-/m0/s1. The molecule has 0 aliphatic heterocycles. The second-order valence-corrected chi connectivity index (χ2v) is 23.0. The summed E-state index contributed by atoms with van der Waals surface area (Å²) >= 11 is 0. The van der Waals surface area contributed by atoms with Gasteiger partial charge in [-0.1, -0.05) is 87.8 Å². The van der Waals surface area contributed by atoms with Crippen molar-refractivity contribution in [2.24, 2.45) is 41.1 Å². The van der Waals surface area contributed by atoms with Crippen LogP contribution in [0.5, 0.6) is 5.75 Å². The molecule has 0 heterocycles. The molecule has 0 saturated carbocycles. The van der Waals surface area contributed by atoms with E-state index in [0.717, 1.165) is 19.1 Å². The van der Waals surface area contributed by atoms with Crippen LogP contribution in [0, 0.1) is 29.6 Å². The van der Waals surface area contributed by atoms with Crippen LogP contribution >= 0.6 is 7.82 Å². The Labute approximate surface area is 481 Å². The highest BCUT2D eigenvalue weighted by Crippen LogP contribution is 2.37. The Morgan fingerprint density at radius 1 is 0.482 bits per heavy atom. The molecule has 17 N–H and O–H groups in total. The zero-order valence-electron chi connectivity index (χ0n) is 48.6. The van der Waals surface area contributed by atoms with Crippen molar-refractivity contribution in [3.63, 3.8) is 0 Å². The second-order valence-electron chi connectivity index (χ2n) is 21.8. The highest BCUT2D eigenvalue weighted by Gasteiger charge is 2.38. The third kappa shape index (κ3) is 28.2. The molecule has 1 rings (SSSR count). The number of carboxylic acid groups (broad SMARTS) is 2. The minimum Gasteiger partial charge on any atom is -0.481 e. The molecule has 0 saturated heterocycles. The molecular weight excluding hydrogens is 1110 g/mol. The summed E-state index contributed by atoms with van der Waals surface area (Å²) in [6, 6.07) is -9.46. The fourth-order valence-electron chi connectivity index (χ4n) is 8.20. The minimum absolute atomic E-state index is 0.00539. The van der Waals surface area contributed by atoms with E-state index in [2.05, 4.69) is 52.4 Å². The number of amides is 11. The maximum Gasteiger partial charge on any atom is 0.524 e. The van der Waals surface area contributed by atoms with Crippen molar-refractivity contribution >= 4 is 84.7 Å². The first-order chi connectivity index (χ1) is 38.3. The van der Waals surface area contributed by atoms with Gasteiger partial charge in [-0.15, -0.1) is 0 Å². The molecule has 0 radical (unpaired) electrons. The summed E-state index contributed by atoms with van der Waals surface area (Å²) < 4.78 is 16.1. The molecule has 0 spiro atoms. The van der Waals surface area contributed by atoms with Crippen LogP contribution in [0.4, 0.5) is 0 Å². The van der Waals surface area contributed by atoms with Gasteiger partial charge in [0.2, 0.25) is 65.0 Å². The van der Waals surface area contributed by atoms with Crippen molar-refractivity contribution in [2.75, 3.05) is 0 Å². The number of aliphatic carboxylic acids is 2. The Hall–Kier alpha value is -7.72. The van der Waals surface area contributed by atoms with Crippen LogP contribution in [0.2, 0.25) is 0 Å². The van der Waals surface area contributed by atoms with Gasteiger partial charge in [0.05, 0.1) is 19.3 Å². The molecule has 30 nitrogen and oxygen atoms in total. The zero-order valence-corrected chi connectivity index (χ0v) is 49.5. The van der Waals surface area contributed by atoms with E-state index in [1.165, 1.54) is 19.1 Å². The minimum atomic E-state index is -5.01. The number of carboxylic acids is 2. The topological polar surface area (TPSA) is 489 Å². The van der Waals surface area contributed by atoms with E-state index in [-0.39, 0.29) is 48.8 Å². The normalized spacial score (nSPS) is 15.0. The van der Waals surface area contributed by atoms with E-state index in [4.69, 9.17) is 11.5 Å². The van der Waals surface area contributed by atoms with Gasteiger partial charge in [0, 0.05) is 13.3 Å². The molecule has 10 atom stereocenters. The first-order valence-electron chi connectivity index (χ1n) is 26.9. The quantitative estimate of drug-likeness (QED) is 0.0328. The van der Waals surface area contributed by atoms with E-state index in [1.54, 1.807) is 62.3 Å². The summed E-state index contributed by atoms with van der Waals surface area (Å²) in [4.78, 5) is 191. The fraction of sp³-hybridized carbons (Fsp3) is 0.635. The lowest BCUT2D eigenvalue weighted by Gasteiger charge is -2.30. The van der Waals surface area contributed by atoms with Crippen molar-refractivity contribution in [3.05, 3.63) is 29.8 Å². The van der Waals surface area contributed by atoms with Gasteiger partial charge in [-0.3, -0.25) is 72.1 Å². The largest absolute Gasteiger partial charge is 0.524 e. The lowest BCUT2D eigenvalue weighted by atomic mass is 9.96. The Balaban J connectivity index is 3.73. The van der Waals surface area contributed by atoms with E-state index in [1.807, 2.05) is 0 Å². The van der Waals surface area contributed by atoms with Crippen molar-refractivity contribution in [2.45, 2.75) is 182 Å². The van der Waals surface area contributed by atoms with Crippen LogP contribution in [0.3, 0.4) is 0 Å². The predicted molar refractivity (Wildman–Crippen MR) is 296 cm³/mol. The molecular formula is C52H84N11O19P. The third-order valence-corrected chi connectivity index (χ3v) is 12.9. The highest BCUT2D eigenvalue weighted by molar-refractivity contribution is 7.46. The monoisotopic (exact) mass is 1200 g/mol. The van der Waals surface area contributed by atoms with Gasteiger partial charge >= 0.3 is 19.8 Å². The van der Waals surface area contributed by atoms with Gasteiger partial charge in [-0.05, 0) is 66.5 Å². The molecule has 0 aliphatic rings. The van der Waals surface area contributed by atoms with Gasteiger partial charge in [0.1, 0.15) is 60.1 Å². The van der Waals surface area contributed by atoms with Crippen LogP contribution in [0.1, 0.15) is 127 Å². The molecule has 0 unspecified atom stereocenters. The van der Waals surface area contributed by atoms with Crippen molar-refractivity contribution in [1.82, 2.24) is 47.9 Å². The average molecular weight is 1200 g/mol. The van der Waals surface area contributed by atoms with Crippen molar-refractivity contribution < 1.29 is 91.4 Å². The van der Waals surface area contributed by atoms with Crippen LogP contribution in [0.25, 0.3) is 0 Å². The number of phosphoric ester groups is 1. The summed E-state index contributed by atoms with van der Waals surface area (Å²) in [5, 5.41) is 41.4. The molecule has 1 aromatic rings. The number of rotatable bonds is 37. The predicted octanol–water partition coefficient (Wildman–Crippen LogP) is -1.77. The van der Waals surface area contributed by atoms with E-state index in [9.17, 15) is 86.9 Å². The van der Waals surface area contributed by atoms with Crippen LogP contribution in [0.15, 0.2) is 24.3 Å². The number of nitrogens with two attached hydrogens (primary N) is 2. The summed E-state index contributed by atoms with van der Waals surface area (Å²) in [7, 11) is -5.01. The number of primary amides is 2. The van der Waals surface area contributed by atoms with Crippen LogP contribution in [-0.4, -0.2) is 151 Å². The van der Waals surface area contributed by atoms with E-state index >= 15 is 0 Å². The maximum atomic E-state index is 14.5. The molecule has 0 bridgehead atoms. The summed E-state index contributed by atoms with van der Waals surface area (Å²) in [5.41, 5.74) is 11.1. The first kappa shape index (κ1) is 73.3. The van der Waals surface area contributed by atoms with Crippen molar-refractivity contribution in [1.29, 1.82) is 0 Å².